The van der Waals surface area contributed by atoms with Crippen molar-refractivity contribution in [1.82, 2.24) is 19.6 Å². The maximum atomic E-state index is 11.6. The summed E-state index contributed by atoms with van der Waals surface area (Å²) in [6.45, 7) is 4.34. The van der Waals surface area contributed by atoms with Gasteiger partial charge in [-0.3, -0.25) is 5.10 Å². The molecular weight excluding hydrogens is 374 g/mol. The normalized spacial score (nSPS) is 22.6. The predicted molar refractivity (Wildman–Crippen MR) is 110 cm³/mol. The van der Waals surface area contributed by atoms with Crippen LogP contribution in [0.2, 0.25) is 0 Å². The molecule has 28 heavy (non-hydrogen) atoms. The Morgan fingerprint density at radius 2 is 2.18 bits per heavy atom. The van der Waals surface area contributed by atoms with Crippen molar-refractivity contribution in [2.45, 2.75) is 50.7 Å². The number of morpholine rings is 1. The Morgan fingerprint density at radius 3 is 2.93 bits per heavy atom. The van der Waals surface area contributed by atoms with Crippen LogP contribution in [0.15, 0.2) is 18.3 Å². The van der Waals surface area contributed by atoms with Gasteiger partial charge >= 0.3 is 0 Å². The SMILES string of the molecule is C[C@@H]1COCCN1c1cc(C2(O)CCCCC2)c2snc(-c3ccn[nH]3)c2n1. The minimum atomic E-state index is -0.804. The molecule has 8 heteroatoms. The predicted octanol–water partition coefficient (Wildman–Crippen LogP) is 3.46. The van der Waals surface area contributed by atoms with Crippen LogP contribution >= 0.6 is 11.5 Å². The molecule has 0 spiro atoms. The zero-order valence-corrected chi connectivity index (χ0v) is 16.8. The average Bonchev–Trinajstić information content (AvgIpc) is 3.37. The number of aromatic nitrogens is 4. The van der Waals surface area contributed by atoms with Crippen LogP contribution in [0, 0.1) is 0 Å². The van der Waals surface area contributed by atoms with E-state index in [9.17, 15) is 5.11 Å². The number of aliphatic hydroxyl groups is 1. The minimum absolute atomic E-state index is 0.245. The summed E-state index contributed by atoms with van der Waals surface area (Å²) in [4.78, 5) is 7.30. The fourth-order valence-corrected chi connectivity index (χ4v) is 5.38. The van der Waals surface area contributed by atoms with Crippen LogP contribution in [-0.4, -0.2) is 50.5 Å². The molecule has 1 atom stereocenters. The van der Waals surface area contributed by atoms with Crippen molar-refractivity contribution >= 4 is 27.6 Å². The van der Waals surface area contributed by atoms with Gasteiger partial charge in [0.25, 0.3) is 0 Å². The van der Waals surface area contributed by atoms with E-state index in [0.717, 1.165) is 65.2 Å². The van der Waals surface area contributed by atoms with Crippen molar-refractivity contribution in [2.24, 2.45) is 0 Å². The van der Waals surface area contributed by atoms with Crippen molar-refractivity contribution < 1.29 is 9.84 Å². The van der Waals surface area contributed by atoms with Gasteiger partial charge in [0, 0.05) is 18.3 Å². The second-order valence-electron chi connectivity index (χ2n) is 7.92. The second kappa shape index (κ2) is 7.09. The van der Waals surface area contributed by atoms with Crippen molar-refractivity contribution in [3.8, 4) is 11.4 Å². The fourth-order valence-electron chi connectivity index (χ4n) is 4.44. The van der Waals surface area contributed by atoms with E-state index in [0.29, 0.717) is 13.2 Å². The Morgan fingerprint density at radius 1 is 1.32 bits per heavy atom. The first kappa shape index (κ1) is 18.0. The standard InChI is InChI=1S/C20H25N5O2S/c1-13-12-27-10-9-25(13)16-11-14(20(26)6-3-2-4-7-20)19-18(22-16)17(24-28-19)15-5-8-21-23-15/h5,8,11,13,26H,2-4,6-7,9-10,12H2,1H3,(H,21,23)/t13-/m1/s1. The van der Waals surface area contributed by atoms with Gasteiger partial charge in [0.15, 0.2) is 0 Å². The van der Waals surface area contributed by atoms with Crippen LogP contribution in [0.3, 0.4) is 0 Å². The highest BCUT2D eigenvalue weighted by Crippen LogP contribution is 2.44. The van der Waals surface area contributed by atoms with Crippen LogP contribution in [0.5, 0.6) is 0 Å². The van der Waals surface area contributed by atoms with Gasteiger partial charge in [0.05, 0.1) is 35.3 Å². The molecular formula is C20H25N5O2S. The third-order valence-electron chi connectivity index (χ3n) is 6.01. The van der Waals surface area contributed by atoms with Gasteiger partial charge in [-0.05, 0) is 43.4 Å². The Hall–Kier alpha value is -2.03. The monoisotopic (exact) mass is 399 g/mol. The molecule has 3 aromatic heterocycles. The third kappa shape index (κ3) is 3.00. The summed E-state index contributed by atoms with van der Waals surface area (Å²) >= 11 is 1.42. The summed E-state index contributed by atoms with van der Waals surface area (Å²) in [7, 11) is 0. The van der Waals surface area contributed by atoms with E-state index in [2.05, 4.69) is 32.5 Å². The van der Waals surface area contributed by atoms with Crippen LogP contribution in [0.1, 0.15) is 44.6 Å². The molecule has 2 aliphatic rings. The van der Waals surface area contributed by atoms with E-state index in [1.165, 1.54) is 18.0 Å². The number of ether oxygens (including phenoxy) is 1. The van der Waals surface area contributed by atoms with Crippen molar-refractivity contribution in [2.75, 3.05) is 24.7 Å². The third-order valence-corrected chi connectivity index (χ3v) is 6.88. The molecule has 4 heterocycles. The zero-order chi connectivity index (χ0) is 19.1. The first-order valence-electron chi connectivity index (χ1n) is 10.0. The zero-order valence-electron chi connectivity index (χ0n) is 16.0. The van der Waals surface area contributed by atoms with Gasteiger partial charge in [0.2, 0.25) is 0 Å². The number of rotatable bonds is 3. The number of pyridine rings is 1. The quantitative estimate of drug-likeness (QED) is 0.701. The maximum absolute atomic E-state index is 11.6. The van der Waals surface area contributed by atoms with Gasteiger partial charge in [-0.25, -0.2) is 4.98 Å². The minimum Gasteiger partial charge on any atom is -0.385 e. The molecule has 0 unspecified atom stereocenters. The summed E-state index contributed by atoms with van der Waals surface area (Å²) in [5.74, 6) is 0.901. The number of hydrogen-bond acceptors (Lipinski definition) is 7. The smallest absolute Gasteiger partial charge is 0.130 e. The average molecular weight is 400 g/mol. The fraction of sp³-hybridized carbons (Fsp3) is 0.550. The lowest BCUT2D eigenvalue weighted by Crippen LogP contribution is -2.44. The van der Waals surface area contributed by atoms with Gasteiger partial charge in [-0.2, -0.15) is 9.47 Å². The lowest BCUT2D eigenvalue weighted by atomic mass is 9.79. The van der Waals surface area contributed by atoms with Crippen LogP contribution in [-0.2, 0) is 10.3 Å². The van der Waals surface area contributed by atoms with E-state index < -0.39 is 5.60 Å². The number of anilines is 1. The number of H-pyrrole nitrogens is 1. The molecule has 3 aromatic rings. The maximum Gasteiger partial charge on any atom is 0.130 e. The number of nitrogens with zero attached hydrogens (tertiary/aromatic N) is 4. The number of aromatic amines is 1. The van der Waals surface area contributed by atoms with Gasteiger partial charge < -0.3 is 14.7 Å². The molecule has 0 bridgehead atoms. The van der Waals surface area contributed by atoms with E-state index >= 15 is 0 Å². The molecule has 2 N–H and O–H groups in total. The summed E-state index contributed by atoms with van der Waals surface area (Å²) in [6.07, 6.45) is 6.60. The van der Waals surface area contributed by atoms with Gasteiger partial charge in [-0.15, -0.1) is 0 Å². The highest BCUT2D eigenvalue weighted by atomic mass is 32.1. The molecule has 0 aromatic carbocycles. The molecule has 0 radical (unpaired) electrons. The highest BCUT2D eigenvalue weighted by Gasteiger charge is 2.35. The Bertz CT molecular complexity index is 965. The number of nitrogens with one attached hydrogen (secondary N) is 1. The van der Waals surface area contributed by atoms with Crippen LogP contribution in [0.4, 0.5) is 5.82 Å². The molecule has 1 aliphatic heterocycles. The summed E-state index contributed by atoms with van der Waals surface area (Å²) in [5.41, 5.74) is 2.68. The Labute approximate surface area is 167 Å². The summed E-state index contributed by atoms with van der Waals surface area (Å²) < 4.78 is 11.3. The second-order valence-corrected chi connectivity index (χ2v) is 8.69. The summed E-state index contributed by atoms with van der Waals surface area (Å²) in [6, 6.07) is 4.26. The Kier molecular flexibility index (Phi) is 4.57. The number of hydrogen-bond donors (Lipinski definition) is 2. The first-order valence-corrected chi connectivity index (χ1v) is 10.8. The van der Waals surface area contributed by atoms with Crippen LogP contribution < -0.4 is 4.90 Å². The molecule has 1 aliphatic carbocycles. The molecule has 7 nitrogen and oxygen atoms in total. The van der Waals surface area contributed by atoms with Gasteiger partial charge in [0.1, 0.15) is 17.0 Å². The molecule has 1 saturated carbocycles. The molecule has 148 valence electrons. The number of fused-ring (bicyclic) bond motifs is 1. The highest BCUT2D eigenvalue weighted by molar-refractivity contribution is 7.13. The van der Waals surface area contributed by atoms with Crippen molar-refractivity contribution in [3.63, 3.8) is 0 Å². The van der Waals surface area contributed by atoms with Gasteiger partial charge in [-0.1, -0.05) is 19.3 Å². The van der Waals surface area contributed by atoms with E-state index in [-0.39, 0.29) is 6.04 Å². The molecule has 5 rings (SSSR count). The molecule has 0 amide bonds. The largest absolute Gasteiger partial charge is 0.385 e. The van der Waals surface area contributed by atoms with E-state index in [1.54, 1.807) is 6.20 Å². The van der Waals surface area contributed by atoms with Crippen molar-refractivity contribution in [3.05, 3.63) is 23.9 Å². The topological polar surface area (TPSA) is 87.2 Å². The lowest BCUT2D eigenvalue weighted by molar-refractivity contribution is 0.000856. The van der Waals surface area contributed by atoms with Crippen molar-refractivity contribution in [1.29, 1.82) is 0 Å². The first-order chi connectivity index (χ1) is 13.7. The lowest BCUT2D eigenvalue weighted by Gasteiger charge is -2.36. The van der Waals surface area contributed by atoms with E-state index in [4.69, 9.17) is 9.72 Å². The van der Waals surface area contributed by atoms with Crippen LogP contribution in [0.25, 0.3) is 21.6 Å². The molecule has 1 saturated heterocycles. The van der Waals surface area contributed by atoms with E-state index in [1.807, 2.05) is 6.07 Å². The Balaban J connectivity index is 1.70. The summed E-state index contributed by atoms with van der Waals surface area (Å²) in [5, 5.41) is 18.6. The molecule has 2 fully saturated rings.